The summed E-state index contributed by atoms with van der Waals surface area (Å²) < 4.78 is 22.9. The normalized spacial score (nSPS) is 14.6. The fraction of sp³-hybridized carbons (Fsp3) is 0.300. The highest BCUT2D eigenvalue weighted by molar-refractivity contribution is 5.82. The van der Waals surface area contributed by atoms with Crippen LogP contribution in [0, 0.1) is 11.3 Å². The first-order valence-electron chi connectivity index (χ1n) is 12.5. The average molecular weight is 527 g/mol. The van der Waals surface area contributed by atoms with E-state index in [1.165, 1.54) is 0 Å². The van der Waals surface area contributed by atoms with Gasteiger partial charge in [-0.15, -0.1) is 0 Å². The van der Waals surface area contributed by atoms with Crippen LogP contribution < -0.4 is 18.9 Å². The first kappa shape index (κ1) is 26.2. The number of nitrogens with zero attached hydrogens (tertiary/aromatic N) is 4. The largest absolute Gasteiger partial charge is 0.481 e. The maximum Gasteiger partial charge on any atom is 0.231 e. The summed E-state index contributed by atoms with van der Waals surface area (Å²) in [6.07, 6.45) is 0.314. The fourth-order valence-corrected chi connectivity index (χ4v) is 5.06. The number of para-hydroxylation sites is 1. The van der Waals surface area contributed by atoms with Gasteiger partial charge in [-0.05, 0) is 56.9 Å². The van der Waals surface area contributed by atoms with Crippen molar-refractivity contribution in [1.29, 1.82) is 5.26 Å². The van der Waals surface area contributed by atoms with Crippen molar-refractivity contribution in [2.75, 3.05) is 41.7 Å². The van der Waals surface area contributed by atoms with Gasteiger partial charge in [-0.2, -0.15) is 5.26 Å². The van der Waals surface area contributed by atoms with Gasteiger partial charge >= 0.3 is 0 Å². The molecule has 0 aliphatic carbocycles. The molecular weight excluding hydrogens is 496 g/mol. The number of ether oxygens (including phenoxy) is 4. The average Bonchev–Trinajstić information content (AvgIpc) is 3.45. The van der Waals surface area contributed by atoms with Crippen molar-refractivity contribution in [3.8, 4) is 29.3 Å². The van der Waals surface area contributed by atoms with Gasteiger partial charge in [-0.1, -0.05) is 18.2 Å². The van der Waals surface area contributed by atoms with E-state index in [0.29, 0.717) is 64.1 Å². The predicted molar refractivity (Wildman–Crippen MR) is 145 cm³/mol. The zero-order valence-electron chi connectivity index (χ0n) is 22.3. The van der Waals surface area contributed by atoms with E-state index < -0.39 is 11.5 Å². The molecule has 2 unspecified atom stereocenters. The molecule has 0 saturated heterocycles. The Morgan fingerprint density at radius 2 is 1.85 bits per heavy atom. The Labute approximate surface area is 227 Å². The quantitative estimate of drug-likeness (QED) is 0.343. The number of hydrogen-bond donors (Lipinski definition) is 1. The molecule has 2 aromatic carbocycles. The minimum Gasteiger partial charge on any atom is -0.481 e. The van der Waals surface area contributed by atoms with Gasteiger partial charge < -0.3 is 29.0 Å². The third kappa shape index (κ3) is 4.92. The van der Waals surface area contributed by atoms with Gasteiger partial charge in [0.2, 0.25) is 18.6 Å². The van der Waals surface area contributed by atoms with Gasteiger partial charge in [0.25, 0.3) is 0 Å². The number of aromatic nitrogens is 2. The predicted octanol–water partition coefficient (Wildman–Crippen LogP) is 4.22. The van der Waals surface area contributed by atoms with Gasteiger partial charge in [0.1, 0.15) is 5.60 Å². The first-order valence-corrected chi connectivity index (χ1v) is 12.5. The van der Waals surface area contributed by atoms with Crippen molar-refractivity contribution in [2.45, 2.75) is 17.9 Å². The molecule has 1 N–H and O–H groups in total. The second-order valence-corrected chi connectivity index (χ2v) is 9.66. The smallest absolute Gasteiger partial charge is 0.231 e. The SMILES string of the molecule is COc1cccc(C(O)(CCN(C)C)C(c2cc3cc(C#N)ccc3nc2OC)c2cccc3c2OCO3)n1. The molecule has 0 amide bonds. The number of methoxy groups -OCH3 is 2. The third-order valence-corrected chi connectivity index (χ3v) is 6.97. The molecular formula is C30H30N4O5. The van der Waals surface area contributed by atoms with Crippen LogP contribution in [0.2, 0.25) is 0 Å². The summed E-state index contributed by atoms with van der Waals surface area (Å²) in [5.74, 6) is 1.12. The summed E-state index contributed by atoms with van der Waals surface area (Å²) in [4.78, 5) is 11.5. The summed E-state index contributed by atoms with van der Waals surface area (Å²) >= 11 is 0. The third-order valence-electron chi connectivity index (χ3n) is 6.97. The summed E-state index contributed by atoms with van der Waals surface area (Å²) in [6.45, 7) is 0.630. The Kier molecular flexibility index (Phi) is 7.24. The molecule has 0 fully saturated rings. The topological polar surface area (TPSA) is 110 Å². The fourth-order valence-electron chi connectivity index (χ4n) is 5.06. The van der Waals surface area contributed by atoms with Gasteiger partial charge in [0.15, 0.2) is 11.5 Å². The Hall–Kier alpha value is -4.39. The number of fused-ring (bicyclic) bond motifs is 2. The van der Waals surface area contributed by atoms with Crippen molar-refractivity contribution >= 4 is 10.9 Å². The van der Waals surface area contributed by atoms with Crippen molar-refractivity contribution in [3.63, 3.8) is 0 Å². The molecule has 2 atom stereocenters. The van der Waals surface area contributed by atoms with E-state index in [4.69, 9.17) is 23.9 Å². The summed E-state index contributed by atoms with van der Waals surface area (Å²) in [5, 5.41) is 23.1. The van der Waals surface area contributed by atoms with E-state index in [0.717, 1.165) is 5.39 Å². The monoisotopic (exact) mass is 526 g/mol. The number of aliphatic hydroxyl groups is 1. The van der Waals surface area contributed by atoms with Crippen LogP contribution in [0.15, 0.2) is 60.7 Å². The molecule has 200 valence electrons. The van der Waals surface area contributed by atoms with Gasteiger partial charge in [0, 0.05) is 29.1 Å². The number of pyridine rings is 2. The second kappa shape index (κ2) is 10.8. The van der Waals surface area contributed by atoms with Crippen LogP contribution in [0.25, 0.3) is 10.9 Å². The number of benzene rings is 2. The van der Waals surface area contributed by atoms with Crippen LogP contribution in [0.3, 0.4) is 0 Å². The molecule has 1 aliphatic heterocycles. The van der Waals surface area contributed by atoms with Crippen LogP contribution in [0.4, 0.5) is 0 Å². The van der Waals surface area contributed by atoms with Gasteiger partial charge in [-0.25, -0.2) is 9.97 Å². The molecule has 9 heteroatoms. The zero-order valence-corrected chi connectivity index (χ0v) is 22.3. The van der Waals surface area contributed by atoms with Crippen LogP contribution >= 0.6 is 0 Å². The molecule has 39 heavy (non-hydrogen) atoms. The lowest BCUT2D eigenvalue weighted by molar-refractivity contribution is -0.00131. The lowest BCUT2D eigenvalue weighted by atomic mass is 9.73. The summed E-state index contributed by atoms with van der Waals surface area (Å²) in [5.41, 5.74) is 1.36. The molecule has 1 aliphatic rings. The Morgan fingerprint density at radius 1 is 1.03 bits per heavy atom. The van der Waals surface area contributed by atoms with Crippen LogP contribution in [-0.4, -0.2) is 61.6 Å². The molecule has 2 aromatic heterocycles. The number of rotatable bonds is 9. The van der Waals surface area contributed by atoms with Crippen molar-refractivity contribution in [1.82, 2.24) is 14.9 Å². The molecule has 0 saturated carbocycles. The minimum atomic E-state index is -1.56. The molecule has 0 radical (unpaired) electrons. The maximum atomic E-state index is 12.9. The van der Waals surface area contributed by atoms with Crippen molar-refractivity contribution < 1.29 is 24.1 Å². The highest BCUT2D eigenvalue weighted by Crippen LogP contribution is 2.52. The van der Waals surface area contributed by atoms with E-state index in [1.807, 2.05) is 49.3 Å². The van der Waals surface area contributed by atoms with E-state index in [-0.39, 0.29) is 6.79 Å². The second-order valence-electron chi connectivity index (χ2n) is 9.66. The molecule has 5 rings (SSSR count). The van der Waals surface area contributed by atoms with E-state index in [9.17, 15) is 10.4 Å². The van der Waals surface area contributed by atoms with Gasteiger partial charge in [-0.3, -0.25) is 0 Å². The Morgan fingerprint density at radius 3 is 2.59 bits per heavy atom. The number of hydrogen-bond acceptors (Lipinski definition) is 9. The van der Waals surface area contributed by atoms with Crippen LogP contribution in [-0.2, 0) is 5.60 Å². The summed E-state index contributed by atoms with van der Waals surface area (Å²) in [6, 6.07) is 20.3. The molecule has 4 aromatic rings. The highest BCUT2D eigenvalue weighted by Gasteiger charge is 2.45. The molecule has 0 spiro atoms. The van der Waals surface area contributed by atoms with Gasteiger partial charge in [0.05, 0.1) is 43.0 Å². The van der Waals surface area contributed by atoms with E-state index in [2.05, 4.69) is 11.1 Å². The molecule has 0 bridgehead atoms. The Bertz CT molecular complexity index is 1550. The van der Waals surface area contributed by atoms with Crippen molar-refractivity contribution in [2.24, 2.45) is 0 Å². The molecule has 3 heterocycles. The minimum absolute atomic E-state index is 0.0746. The first-order chi connectivity index (χ1) is 18.9. The lowest BCUT2D eigenvalue weighted by Gasteiger charge is -2.38. The van der Waals surface area contributed by atoms with Crippen LogP contribution in [0.1, 0.15) is 34.7 Å². The number of nitriles is 1. The standard InChI is InChI=1S/C30H30N4O5/c1-34(2)14-13-30(35,25-9-6-10-26(33-25)36-3)27(21-7-5-8-24-28(21)39-18-38-24)22-16-20-15-19(17-31)11-12-23(20)32-29(22)37-4/h5-12,15-16,27,35H,13-14,18H2,1-4H3. The van der Waals surface area contributed by atoms with Crippen LogP contribution in [0.5, 0.6) is 23.3 Å². The maximum absolute atomic E-state index is 12.9. The van der Waals surface area contributed by atoms with E-state index in [1.54, 1.807) is 44.6 Å². The zero-order chi connectivity index (χ0) is 27.6. The van der Waals surface area contributed by atoms with E-state index >= 15 is 0 Å². The lowest BCUT2D eigenvalue weighted by Crippen LogP contribution is -2.38. The highest BCUT2D eigenvalue weighted by atomic mass is 16.7. The molecule has 9 nitrogen and oxygen atoms in total. The summed E-state index contributed by atoms with van der Waals surface area (Å²) in [7, 11) is 7.00. The Balaban J connectivity index is 1.84. The van der Waals surface area contributed by atoms with Crippen molar-refractivity contribution in [3.05, 3.63) is 83.0 Å².